The maximum atomic E-state index is 9.05. The van der Waals surface area contributed by atoms with Crippen molar-refractivity contribution in [3.05, 3.63) is 18.2 Å². The van der Waals surface area contributed by atoms with E-state index in [0.717, 1.165) is 12.2 Å². The Morgan fingerprint density at radius 1 is 1.75 bits per heavy atom. The summed E-state index contributed by atoms with van der Waals surface area (Å²) in [6, 6.07) is 0.00231. The van der Waals surface area contributed by atoms with Gasteiger partial charge in [0.2, 0.25) is 0 Å². The number of aromatic nitrogens is 2. The van der Waals surface area contributed by atoms with Crippen LogP contribution in [0.3, 0.4) is 0 Å². The highest BCUT2D eigenvalue weighted by molar-refractivity contribution is 5.04. The summed E-state index contributed by atoms with van der Waals surface area (Å²) in [5, 5.41) is 12.2. The second-order valence-electron chi connectivity index (χ2n) is 2.72. The van der Waals surface area contributed by atoms with Gasteiger partial charge >= 0.3 is 0 Å². The molecule has 0 aliphatic heterocycles. The van der Waals surface area contributed by atoms with Gasteiger partial charge in [0.25, 0.3) is 0 Å². The van der Waals surface area contributed by atoms with Gasteiger partial charge in [0.05, 0.1) is 24.7 Å². The summed E-state index contributed by atoms with van der Waals surface area (Å²) in [5.74, 6) is 0. The molecule has 0 amide bonds. The van der Waals surface area contributed by atoms with Crippen molar-refractivity contribution < 1.29 is 5.11 Å². The summed E-state index contributed by atoms with van der Waals surface area (Å²) in [4.78, 5) is 3.98. The van der Waals surface area contributed by atoms with Crippen LogP contribution in [0.2, 0.25) is 0 Å². The highest BCUT2D eigenvalue weighted by atomic mass is 16.3. The first-order valence-electron chi connectivity index (χ1n) is 4.10. The first-order chi connectivity index (χ1) is 5.79. The van der Waals surface area contributed by atoms with Gasteiger partial charge in [-0.05, 0) is 6.54 Å². The summed E-state index contributed by atoms with van der Waals surface area (Å²) in [7, 11) is 1.92. The maximum Gasteiger partial charge on any atom is 0.0946 e. The highest BCUT2D eigenvalue weighted by Crippen LogP contribution is 2.09. The Morgan fingerprint density at radius 2 is 2.50 bits per heavy atom. The van der Waals surface area contributed by atoms with E-state index in [4.69, 9.17) is 5.11 Å². The van der Waals surface area contributed by atoms with E-state index in [-0.39, 0.29) is 12.6 Å². The van der Waals surface area contributed by atoms with Crippen LogP contribution in [0.5, 0.6) is 0 Å². The lowest BCUT2D eigenvalue weighted by atomic mass is 10.2. The van der Waals surface area contributed by atoms with Crippen molar-refractivity contribution in [2.24, 2.45) is 7.05 Å². The Morgan fingerprint density at radius 3 is 2.92 bits per heavy atom. The number of aryl methyl sites for hydroxylation is 1. The smallest absolute Gasteiger partial charge is 0.0946 e. The zero-order valence-electron chi connectivity index (χ0n) is 7.49. The number of nitrogens with one attached hydrogen (secondary N) is 1. The van der Waals surface area contributed by atoms with Crippen LogP contribution < -0.4 is 5.32 Å². The Hall–Kier alpha value is -0.870. The van der Waals surface area contributed by atoms with Gasteiger partial charge < -0.3 is 15.0 Å². The SMILES string of the molecule is CCNC(CO)c1cncn1C. The molecule has 1 unspecified atom stereocenters. The van der Waals surface area contributed by atoms with Gasteiger partial charge in [-0.15, -0.1) is 0 Å². The molecule has 68 valence electrons. The van der Waals surface area contributed by atoms with Gasteiger partial charge in [-0.1, -0.05) is 6.92 Å². The molecule has 0 radical (unpaired) electrons. The molecule has 0 saturated heterocycles. The van der Waals surface area contributed by atoms with E-state index in [1.54, 1.807) is 12.5 Å². The van der Waals surface area contributed by atoms with E-state index in [9.17, 15) is 0 Å². The summed E-state index contributed by atoms with van der Waals surface area (Å²) >= 11 is 0. The molecule has 1 aromatic rings. The van der Waals surface area contributed by atoms with Crippen LogP contribution in [0.25, 0.3) is 0 Å². The zero-order chi connectivity index (χ0) is 8.97. The third-order valence-corrected chi connectivity index (χ3v) is 1.84. The van der Waals surface area contributed by atoms with Crippen LogP contribution in [-0.2, 0) is 7.05 Å². The van der Waals surface area contributed by atoms with Crippen LogP contribution in [0.15, 0.2) is 12.5 Å². The van der Waals surface area contributed by atoms with Crippen molar-refractivity contribution in [3.63, 3.8) is 0 Å². The summed E-state index contributed by atoms with van der Waals surface area (Å²) in [6.45, 7) is 2.96. The quantitative estimate of drug-likeness (QED) is 0.670. The fourth-order valence-electron chi connectivity index (χ4n) is 1.21. The van der Waals surface area contributed by atoms with Crippen molar-refractivity contribution in [1.82, 2.24) is 14.9 Å². The maximum absolute atomic E-state index is 9.05. The number of rotatable bonds is 4. The van der Waals surface area contributed by atoms with Crippen LogP contribution >= 0.6 is 0 Å². The van der Waals surface area contributed by atoms with Gasteiger partial charge in [-0.2, -0.15) is 0 Å². The third kappa shape index (κ3) is 1.84. The number of hydrogen-bond donors (Lipinski definition) is 2. The molecular weight excluding hydrogens is 154 g/mol. The van der Waals surface area contributed by atoms with Crippen LogP contribution in [-0.4, -0.2) is 27.8 Å². The van der Waals surface area contributed by atoms with Crippen molar-refractivity contribution >= 4 is 0 Å². The Labute approximate surface area is 72.2 Å². The minimum Gasteiger partial charge on any atom is -0.394 e. The minimum absolute atomic E-state index is 0.00231. The van der Waals surface area contributed by atoms with Crippen molar-refractivity contribution in [2.75, 3.05) is 13.2 Å². The predicted octanol–water partition coefficient (Wildman–Crippen LogP) is 0.0630. The second kappa shape index (κ2) is 4.23. The molecule has 1 rings (SSSR count). The average molecular weight is 169 g/mol. The normalized spacial score (nSPS) is 13.2. The van der Waals surface area contributed by atoms with Gasteiger partial charge in [0, 0.05) is 13.2 Å². The monoisotopic (exact) mass is 169 g/mol. The molecule has 0 spiro atoms. The molecule has 4 heteroatoms. The van der Waals surface area contributed by atoms with Crippen LogP contribution in [0, 0.1) is 0 Å². The molecular formula is C8H15N3O. The number of aliphatic hydroxyl groups is 1. The molecule has 0 saturated carbocycles. The average Bonchev–Trinajstić information content (AvgIpc) is 2.47. The summed E-state index contributed by atoms with van der Waals surface area (Å²) < 4.78 is 1.91. The highest BCUT2D eigenvalue weighted by Gasteiger charge is 2.11. The molecule has 0 aliphatic carbocycles. The van der Waals surface area contributed by atoms with Crippen molar-refractivity contribution in [3.8, 4) is 0 Å². The largest absolute Gasteiger partial charge is 0.394 e. The van der Waals surface area contributed by atoms with Crippen LogP contribution in [0.1, 0.15) is 18.7 Å². The zero-order valence-corrected chi connectivity index (χ0v) is 7.49. The number of imidazole rings is 1. The van der Waals surface area contributed by atoms with E-state index in [1.165, 1.54) is 0 Å². The van der Waals surface area contributed by atoms with Gasteiger partial charge in [-0.25, -0.2) is 4.98 Å². The third-order valence-electron chi connectivity index (χ3n) is 1.84. The van der Waals surface area contributed by atoms with Crippen molar-refractivity contribution in [2.45, 2.75) is 13.0 Å². The predicted molar refractivity (Wildman–Crippen MR) is 46.7 cm³/mol. The van der Waals surface area contributed by atoms with E-state index in [2.05, 4.69) is 10.3 Å². The Kier molecular flexibility index (Phi) is 3.25. The lowest BCUT2D eigenvalue weighted by Crippen LogP contribution is -2.25. The van der Waals surface area contributed by atoms with Gasteiger partial charge in [-0.3, -0.25) is 0 Å². The molecule has 1 aromatic heterocycles. The fraction of sp³-hybridized carbons (Fsp3) is 0.625. The standard InChI is InChI=1S/C8H15N3O/c1-3-10-7(5-12)8-4-9-6-11(8)2/h4,6-7,10,12H,3,5H2,1-2H3. The minimum atomic E-state index is 0.00231. The molecule has 1 heterocycles. The molecule has 2 N–H and O–H groups in total. The second-order valence-corrected chi connectivity index (χ2v) is 2.72. The van der Waals surface area contributed by atoms with Gasteiger partial charge in [0.1, 0.15) is 0 Å². The molecule has 0 bridgehead atoms. The molecule has 4 nitrogen and oxygen atoms in total. The number of hydrogen-bond acceptors (Lipinski definition) is 3. The fourth-order valence-corrected chi connectivity index (χ4v) is 1.21. The summed E-state index contributed by atoms with van der Waals surface area (Å²) in [6.07, 6.45) is 3.50. The number of likely N-dealkylation sites (N-methyl/N-ethyl adjacent to an activating group) is 1. The molecule has 1 atom stereocenters. The van der Waals surface area contributed by atoms with E-state index in [0.29, 0.717) is 0 Å². The number of aliphatic hydroxyl groups excluding tert-OH is 1. The molecule has 12 heavy (non-hydrogen) atoms. The summed E-state index contributed by atoms with van der Waals surface area (Å²) in [5.41, 5.74) is 1.01. The number of nitrogens with zero attached hydrogens (tertiary/aromatic N) is 2. The lowest BCUT2D eigenvalue weighted by Gasteiger charge is -2.14. The van der Waals surface area contributed by atoms with E-state index >= 15 is 0 Å². The first kappa shape index (κ1) is 9.22. The molecule has 0 aromatic carbocycles. The first-order valence-corrected chi connectivity index (χ1v) is 4.10. The van der Waals surface area contributed by atoms with Gasteiger partial charge in [0.15, 0.2) is 0 Å². The Bertz CT molecular complexity index is 234. The van der Waals surface area contributed by atoms with E-state index < -0.39 is 0 Å². The topological polar surface area (TPSA) is 50.1 Å². The van der Waals surface area contributed by atoms with Crippen LogP contribution in [0.4, 0.5) is 0 Å². The lowest BCUT2D eigenvalue weighted by molar-refractivity contribution is 0.241. The Balaban J connectivity index is 2.72. The van der Waals surface area contributed by atoms with Crippen molar-refractivity contribution in [1.29, 1.82) is 0 Å². The van der Waals surface area contributed by atoms with E-state index in [1.807, 2.05) is 18.5 Å². The molecule has 0 aliphatic rings. The molecule has 0 fully saturated rings.